The Bertz CT molecular complexity index is 1650. The fourth-order valence-corrected chi connectivity index (χ4v) is 5.28. The predicted molar refractivity (Wildman–Crippen MR) is 129 cm³/mol. The SMILES string of the molecule is Cn1c(-c2cnn3ccc(N4CCC[C@@H]4c4cc(F)ccc4F)nc23)nc2cc3c(cc21)OCCO3. The van der Waals surface area contributed by atoms with Crippen molar-refractivity contribution >= 4 is 22.5 Å². The first-order chi connectivity index (χ1) is 17.6. The second kappa shape index (κ2) is 7.91. The number of hydrogen-bond acceptors (Lipinski definition) is 6. The van der Waals surface area contributed by atoms with Gasteiger partial charge in [-0.2, -0.15) is 5.10 Å². The van der Waals surface area contributed by atoms with Crippen molar-refractivity contribution in [2.45, 2.75) is 18.9 Å². The van der Waals surface area contributed by atoms with Gasteiger partial charge in [0.05, 0.1) is 28.8 Å². The van der Waals surface area contributed by atoms with Crippen LogP contribution in [0.25, 0.3) is 28.1 Å². The lowest BCUT2D eigenvalue weighted by Crippen LogP contribution is -2.24. The monoisotopic (exact) mass is 488 g/mol. The topological polar surface area (TPSA) is 69.7 Å². The number of benzene rings is 2. The largest absolute Gasteiger partial charge is 0.486 e. The summed E-state index contributed by atoms with van der Waals surface area (Å²) in [7, 11) is 1.94. The smallest absolute Gasteiger partial charge is 0.168 e. The minimum atomic E-state index is -0.445. The van der Waals surface area contributed by atoms with E-state index in [1.807, 2.05) is 40.9 Å². The number of nitrogens with zero attached hydrogens (tertiary/aromatic N) is 6. The highest BCUT2D eigenvalue weighted by molar-refractivity contribution is 5.86. The molecule has 5 aromatic rings. The van der Waals surface area contributed by atoms with Crippen molar-refractivity contribution in [2.75, 3.05) is 24.7 Å². The third kappa shape index (κ3) is 3.20. The average molecular weight is 488 g/mol. The molecule has 10 heteroatoms. The Kier molecular flexibility index (Phi) is 4.63. The summed E-state index contributed by atoms with van der Waals surface area (Å²) in [6.07, 6.45) is 5.16. The molecule has 1 saturated heterocycles. The molecular formula is C26H22F2N6O2. The molecule has 0 N–H and O–H groups in total. The van der Waals surface area contributed by atoms with Gasteiger partial charge in [0.1, 0.15) is 36.5 Å². The Morgan fingerprint density at radius 3 is 2.69 bits per heavy atom. The van der Waals surface area contributed by atoms with Gasteiger partial charge in [-0.25, -0.2) is 23.3 Å². The standard InChI is InChI=1S/C26H22F2N6O2/c1-32-21-13-23-22(35-9-10-36-23)12-19(21)30-25(32)17-14-29-34-8-6-24(31-26(17)34)33-7-2-3-20(33)16-11-15(27)4-5-18(16)28/h4-6,8,11-14,20H,2-3,7,9-10H2,1H3/t20-/m1/s1. The van der Waals surface area contributed by atoms with Crippen molar-refractivity contribution in [1.29, 1.82) is 0 Å². The van der Waals surface area contributed by atoms with Crippen LogP contribution in [0.1, 0.15) is 24.4 Å². The van der Waals surface area contributed by atoms with Gasteiger partial charge in [0.25, 0.3) is 0 Å². The molecule has 2 aliphatic heterocycles. The molecule has 0 radical (unpaired) electrons. The highest BCUT2D eigenvalue weighted by atomic mass is 19.1. The number of fused-ring (bicyclic) bond motifs is 3. The summed E-state index contributed by atoms with van der Waals surface area (Å²) >= 11 is 0. The third-order valence-electron chi connectivity index (χ3n) is 7.00. The second-order valence-corrected chi connectivity index (χ2v) is 9.11. The van der Waals surface area contributed by atoms with Crippen LogP contribution < -0.4 is 14.4 Å². The first kappa shape index (κ1) is 21.1. The number of imidazole rings is 1. The van der Waals surface area contributed by atoms with Crippen LogP contribution >= 0.6 is 0 Å². The van der Waals surface area contributed by atoms with Crippen LogP contribution in [0.15, 0.2) is 48.8 Å². The highest BCUT2D eigenvalue weighted by Crippen LogP contribution is 2.39. The van der Waals surface area contributed by atoms with Crippen molar-refractivity contribution in [3.05, 3.63) is 66.0 Å². The third-order valence-corrected chi connectivity index (χ3v) is 7.00. The molecule has 2 aliphatic rings. The molecule has 1 fully saturated rings. The number of rotatable bonds is 3. The van der Waals surface area contributed by atoms with Crippen molar-refractivity contribution in [2.24, 2.45) is 7.05 Å². The number of anilines is 1. The quantitative estimate of drug-likeness (QED) is 0.368. The van der Waals surface area contributed by atoms with Crippen LogP contribution in [0, 0.1) is 11.6 Å². The van der Waals surface area contributed by atoms with Gasteiger partial charge in [0.2, 0.25) is 0 Å². The number of hydrogen-bond donors (Lipinski definition) is 0. The van der Waals surface area contributed by atoms with Crippen molar-refractivity contribution in [1.82, 2.24) is 24.1 Å². The van der Waals surface area contributed by atoms with Crippen molar-refractivity contribution < 1.29 is 18.3 Å². The molecule has 0 spiro atoms. The number of ether oxygens (including phenoxy) is 2. The molecule has 0 saturated carbocycles. The fourth-order valence-electron chi connectivity index (χ4n) is 5.28. The fraction of sp³-hybridized carbons (Fsp3) is 0.269. The summed E-state index contributed by atoms with van der Waals surface area (Å²) in [4.78, 5) is 11.8. The van der Waals surface area contributed by atoms with Gasteiger partial charge < -0.3 is 18.9 Å². The van der Waals surface area contributed by atoms with Gasteiger partial charge in [0, 0.05) is 37.5 Å². The van der Waals surface area contributed by atoms with E-state index in [1.54, 1.807) is 10.7 Å². The summed E-state index contributed by atoms with van der Waals surface area (Å²) in [5.41, 5.74) is 3.45. The van der Waals surface area contributed by atoms with E-state index in [-0.39, 0.29) is 6.04 Å². The van der Waals surface area contributed by atoms with Gasteiger partial charge in [-0.3, -0.25) is 0 Å². The minimum absolute atomic E-state index is 0.288. The summed E-state index contributed by atoms with van der Waals surface area (Å²) in [6.45, 7) is 1.72. The van der Waals surface area contributed by atoms with Crippen LogP contribution in [0.3, 0.4) is 0 Å². The molecule has 3 aromatic heterocycles. The van der Waals surface area contributed by atoms with E-state index in [1.165, 1.54) is 12.1 Å². The molecular weight excluding hydrogens is 466 g/mol. The molecule has 1 atom stereocenters. The normalized spacial score (nSPS) is 17.4. The Morgan fingerprint density at radius 1 is 1.00 bits per heavy atom. The lowest BCUT2D eigenvalue weighted by atomic mass is 10.0. The van der Waals surface area contributed by atoms with Crippen molar-refractivity contribution in [3.8, 4) is 22.9 Å². The maximum absolute atomic E-state index is 14.6. The molecule has 36 heavy (non-hydrogen) atoms. The first-order valence-electron chi connectivity index (χ1n) is 11.9. The molecule has 0 unspecified atom stereocenters. The van der Waals surface area contributed by atoms with Crippen LogP contribution in [0.2, 0.25) is 0 Å². The lowest BCUT2D eigenvalue weighted by molar-refractivity contribution is 0.172. The summed E-state index contributed by atoms with van der Waals surface area (Å²) in [5, 5.41) is 4.48. The average Bonchev–Trinajstić information content (AvgIpc) is 3.61. The van der Waals surface area contributed by atoms with Crippen LogP contribution in [0.4, 0.5) is 14.6 Å². The van der Waals surface area contributed by atoms with Crippen LogP contribution in [-0.2, 0) is 7.05 Å². The van der Waals surface area contributed by atoms with E-state index in [2.05, 4.69) is 5.10 Å². The molecule has 2 aromatic carbocycles. The molecule has 182 valence electrons. The van der Waals surface area contributed by atoms with E-state index in [4.69, 9.17) is 19.4 Å². The van der Waals surface area contributed by atoms with Gasteiger partial charge in [-0.15, -0.1) is 0 Å². The maximum atomic E-state index is 14.6. The van der Waals surface area contributed by atoms with Crippen molar-refractivity contribution in [3.63, 3.8) is 0 Å². The van der Waals surface area contributed by atoms with Gasteiger partial charge in [-0.05, 0) is 37.1 Å². The summed E-state index contributed by atoms with van der Waals surface area (Å²) in [6, 6.07) is 9.01. The number of aromatic nitrogens is 5. The zero-order chi connectivity index (χ0) is 24.4. The molecule has 0 bridgehead atoms. The van der Waals surface area contributed by atoms with E-state index >= 15 is 0 Å². The number of aryl methyl sites for hydroxylation is 1. The summed E-state index contributed by atoms with van der Waals surface area (Å²) < 4.78 is 43.7. The highest BCUT2D eigenvalue weighted by Gasteiger charge is 2.30. The Labute approximate surface area is 204 Å². The Hall–Kier alpha value is -4.21. The van der Waals surface area contributed by atoms with Gasteiger partial charge in [-0.1, -0.05) is 0 Å². The maximum Gasteiger partial charge on any atom is 0.168 e. The molecule has 8 nitrogen and oxygen atoms in total. The summed E-state index contributed by atoms with van der Waals surface area (Å²) in [5.74, 6) is 1.93. The van der Waals surface area contributed by atoms with E-state index in [0.717, 1.165) is 35.5 Å². The lowest BCUT2D eigenvalue weighted by Gasteiger charge is -2.26. The molecule has 0 amide bonds. The first-order valence-corrected chi connectivity index (χ1v) is 11.9. The molecule has 5 heterocycles. The van der Waals surface area contributed by atoms with E-state index in [0.29, 0.717) is 54.1 Å². The second-order valence-electron chi connectivity index (χ2n) is 9.11. The number of halogens is 2. The van der Waals surface area contributed by atoms with E-state index in [9.17, 15) is 8.78 Å². The van der Waals surface area contributed by atoms with Crippen LogP contribution in [-0.4, -0.2) is 43.9 Å². The van der Waals surface area contributed by atoms with Gasteiger partial charge in [0.15, 0.2) is 17.1 Å². The Balaban J connectivity index is 1.32. The van der Waals surface area contributed by atoms with E-state index < -0.39 is 11.6 Å². The predicted octanol–water partition coefficient (Wildman–Crippen LogP) is 4.67. The zero-order valence-corrected chi connectivity index (χ0v) is 19.5. The molecule has 0 aliphatic carbocycles. The Morgan fingerprint density at radius 2 is 1.83 bits per heavy atom. The van der Waals surface area contributed by atoms with Gasteiger partial charge >= 0.3 is 0 Å². The molecule has 7 rings (SSSR count). The zero-order valence-electron chi connectivity index (χ0n) is 19.5. The minimum Gasteiger partial charge on any atom is -0.486 e. The van der Waals surface area contributed by atoms with Crippen LogP contribution in [0.5, 0.6) is 11.5 Å².